The van der Waals surface area contributed by atoms with Gasteiger partial charge in [-0.1, -0.05) is 28.1 Å². The smallest absolute Gasteiger partial charge is 0.337 e. The van der Waals surface area contributed by atoms with Gasteiger partial charge in [-0.05, 0) is 142 Å². The zero-order chi connectivity index (χ0) is 33.3. The van der Waals surface area contributed by atoms with Crippen LogP contribution in [0, 0.1) is 47.1 Å². The van der Waals surface area contributed by atoms with E-state index in [0.29, 0.717) is 28.5 Å². The molecule has 0 saturated heterocycles. The molecule has 0 spiro atoms. The summed E-state index contributed by atoms with van der Waals surface area (Å²) in [6, 6.07) is 8.88. The van der Waals surface area contributed by atoms with Crippen molar-refractivity contribution in [3.05, 3.63) is 70.3 Å². The normalized spacial score (nSPS) is 33.0. The quantitative estimate of drug-likeness (QED) is 0.227. The maximum absolute atomic E-state index is 14.3. The highest BCUT2D eigenvalue weighted by atomic mass is 79.9. The van der Waals surface area contributed by atoms with Crippen LogP contribution in [0.3, 0.4) is 0 Å². The van der Waals surface area contributed by atoms with Crippen LogP contribution in [-0.4, -0.2) is 37.2 Å². The number of alkyl halides is 1. The number of nitrogens with one attached hydrogen (secondary N) is 1. The minimum absolute atomic E-state index is 0. The van der Waals surface area contributed by atoms with Crippen molar-refractivity contribution in [2.24, 2.45) is 41.2 Å². The Bertz CT molecular complexity index is 1400. The molecular weight excluding hydrogens is 702 g/mol. The van der Waals surface area contributed by atoms with Crippen molar-refractivity contribution in [2.45, 2.75) is 100 Å². The van der Waals surface area contributed by atoms with E-state index in [0.717, 1.165) is 35.5 Å². The molecule has 2 aromatic carbocycles. The monoisotopic (exact) mass is 750 g/mol. The first-order valence-electron chi connectivity index (χ1n) is 17.3. The van der Waals surface area contributed by atoms with Crippen molar-refractivity contribution in [1.82, 2.24) is 5.32 Å². The second-order valence-electron chi connectivity index (χ2n) is 15.6. The topological polar surface area (TPSA) is 90.6 Å². The Balaban J connectivity index is 0.000000153. The number of nitrogens with two attached hydrogens (primary N) is 1. The zero-order valence-corrected chi connectivity index (χ0v) is 30.5. The summed E-state index contributed by atoms with van der Waals surface area (Å²) in [6.45, 7) is 0.541. The van der Waals surface area contributed by atoms with E-state index in [1.54, 1.807) is 18.2 Å². The lowest BCUT2D eigenvalue weighted by atomic mass is 9.53. The van der Waals surface area contributed by atoms with Crippen LogP contribution < -0.4 is 11.1 Å². The first kappa shape index (κ1) is 37.2. The molecule has 2 aromatic rings. The van der Waals surface area contributed by atoms with Gasteiger partial charge in [0.2, 0.25) is 0 Å². The van der Waals surface area contributed by atoms with E-state index in [4.69, 9.17) is 5.73 Å². The fourth-order valence-corrected chi connectivity index (χ4v) is 11.1. The summed E-state index contributed by atoms with van der Waals surface area (Å²) < 4.78 is 36.4. The Labute approximate surface area is 298 Å². The van der Waals surface area contributed by atoms with Crippen molar-refractivity contribution in [3.8, 4) is 0 Å². The molecule has 0 atom stereocenters. The third-order valence-corrected chi connectivity index (χ3v) is 12.5. The molecule has 0 unspecified atom stereocenters. The number of halogens is 4. The molecule has 10 heteroatoms. The van der Waals surface area contributed by atoms with E-state index in [2.05, 4.69) is 30.7 Å². The SMILES string of the molecule is COC(=O)c1ccc(CBr)c(F)c1.COC(=O)c1ccc(CNC23CC4CC(CC(C4)C2)C3)c(F)c1.Cl.NC12CC3CC(CC(C3)C1)C2. The van der Waals surface area contributed by atoms with Gasteiger partial charge in [0.1, 0.15) is 11.6 Å². The van der Waals surface area contributed by atoms with Gasteiger partial charge in [0.05, 0.1) is 25.3 Å². The van der Waals surface area contributed by atoms with Gasteiger partial charge in [0.15, 0.2) is 0 Å². The van der Waals surface area contributed by atoms with Gasteiger partial charge in [0.25, 0.3) is 0 Å². The molecule has 8 fully saturated rings. The maximum Gasteiger partial charge on any atom is 0.337 e. The second kappa shape index (κ2) is 15.4. The Morgan fingerprint density at radius 1 is 0.729 bits per heavy atom. The molecule has 3 N–H and O–H groups in total. The first-order valence-corrected chi connectivity index (χ1v) is 18.4. The van der Waals surface area contributed by atoms with Gasteiger partial charge >= 0.3 is 11.9 Å². The summed E-state index contributed by atoms with van der Waals surface area (Å²) in [5, 5.41) is 4.12. The molecule has 8 aliphatic rings. The molecular formula is C38H50BrClF2N2O4. The molecule has 264 valence electrons. The molecule has 8 bridgehead atoms. The Morgan fingerprint density at radius 3 is 1.44 bits per heavy atom. The standard InChI is InChI=1S/C19H24FNO2.C10H17N.C9H8BrFO2.ClH/c1-23-18(22)15-2-3-16(17(20)7-15)11-21-19-8-12-4-13(9-19)6-14(5-12)10-19;11-10-4-7-1-8(5-10)3-9(2-7)6-10;1-13-9(12)6-2-3-7(5-10)8(11)4-6;/h2-3,7,12-14,21H,4-6,8-11H2,1H3;7-9H,1-6,11H2;2-4H,5H2,1H3;1H. The van der Waals surface area contributed by atoms with E-state index in [9.17, 15) is 18.4 Å². The van der Waals surface area contributed by atoms with Gasteiger partial charge in [-0.15, -0.1) is 12.4 Å². The van der Waals surface area contributed by atoms with Crippen LogP contribution in [0.1, 0.15) is 109 Å². The average molecular weight is 752 g/mol. The van der Waals surface area contributed by atoms with Crippen LogP contribution in [0.2, 0.25) is 0 Å². The predicted octanol–water partition coefficient (Wildman–Crippen LogP) is 8.51. The summed E-state index contributed by atoms with van der Waals surface area (Å²) in [5.41, 5.74) is 8.49. The van der Waals surface area contributed by atoms with Crippen molar-refractivity contribution in [1.29, 1.82) is 0 Å². The van der Waals surface area contributed by atoms with E-state index < -0.39 is 17.8 Å². The lowest BCUT2D eigenvalue weighted by molar-refractivity contribution is -0.0207. The van der Waals surface area contributed by atoms with Crippen LogP contribution in [0.15, 0.2) is 36.4 Å². The van der Waals surface area contributed by atoms with Crippen LogP contribution in [-0.2, 0) is 21.3 Å². The first-order chi connectivity index (χ1) is 22.5. The lowest BCUT2D eigenvalue weighted by Crippen LogP contribution is -2.58. The van der Waals surface area contributed by atoms with Gasteiger partial charge in [-0.2, -0.15) is 0 Å². The summed E-state index contributed by atoms with van der Waals surface area (Å²) in [6.07, 6.45) is 16.5. The number of methoxy groups -OCH3 is 2. The molecule has 8 saturated carbocycles. The van der Waals surface area contributed by atoms with E-state index >= 15 is 0 Å². The van der Waals surface area contributed by atoms with E-state index in [-0.39, 0.29) is 34.9 Å². The zero-order valence-electron chi connectivity index (χ0n) is 28.1. The van der Waals surface area contributed by atoms with Gasteiger partial charge in [-0.25, -0.2) is 18.4 Å². The summed E-state index contributed by atoms with van der Waals surface area (Å²) in [7, 11) is 2.57. The highest BCUT2D eigenvalue weighted by Gasteiger charge is 2.51. The fourth-order valence-electron chi connectivity index (χ4n) is 10.6. The number of hydrogen-bond acceptors (Lipinski definition) is 6. The van der Waals surface area contributed by atoms with Gasteiger partial charge in [0, 0.05) is 28.5 Å². The fraction of sp³-hybridized carbons (Fsp3) is 0.632. The van der Waals surface area contributed by atoms with Crippen LogP contribution in [0.25, 0.3) is 0 Å². The molecule has 0 radical (unpaired) electrons. The molecule has 0 amide bonds. The van der Waals surface area contributed by atoms with Gasteiger partial charge < -0.3 is 20.5 Å². The van der Waals surface area contributed by atoms with Crippen LogP contribution in [0.5, 0.6) is 0 Å². The van der Waals surface area contributed by atoms with E-state index in [1.165, 1.54) is 109 Å². The number of rotatable bonds is 6. The van der Waals surface area contributed by atoms with Crippen LogP contribution in [0.4, 0.5) is 8.78 Å². The Hall–Kier alpha value is -2.07. The molecule has 10 rings (SSSR count). The predicted molar refractivity (Wildman–Crippen MR) is 188 cm³/mol. The Kier molecular flexibility index (Phi) is 12.0. The largest absolute Gasteiger partial charge is 0.465 e. The van der Waals surface area contributed by atoms with Crippen molar-refractivity contribution in [2.75, 3.05) is 14.2 Å². The number of ether oxygens (including phenoxy) is 2. The number of carbonyl (C=O) groups excluding carboxylic acids is 2. The second-order valence-corrected chi connectivity index (χ2v) is 16.1. The van der Waals surface area contributed by atoms with Crippen molar-refractivity contribution in [3.63, 3.8) is 0 Å². The maximum atomic E-state index is 14.3. The number of carbonyl (C=O) groups is 2. The minimum Gasteiger partial charge on any atom is -0.465 e. The number of esters is 2. The third-order valence-electron chi connectivity index (χ3n) is 11.9. The molecule has 6 nitrogen and oxygen atoms in total. The van der Waals surface area contributed by atoms with Gasteiger partial charge in [-0.3, -0.25) is 0 Å². The van der Waals surface area contributed by atoms with E-state index in [1.807, 2.05) is 0 Å². The highest BCUT2D eigenvalue weighted by molar-refractivity contribution is 9.08. The van der Waals surface area contributed by atoms with Crippen LogP contribution >= 0.6 is 28.3 Å². The number of benzene rings is 2. The molecule has 0 aliphatic heterocycles. The molecule has 0 aromatic heterocycles. The number of hydrogen-bond donors (Lipinski definition) is 2. The summed E-state index contributed by atoms with van der Waals surface area (Å²) >= 11 is 3.13. The highest BCUT2D eigenvalue weighted by Crippen LogP contribution is 2.56. The molecule has 8 aliphatic carbocycles. The average Bonchev–Trinajstić information content (AvgIpc) is 3.02. The minimum atomic E-state index is -0.528. The van der Waals surface area contributed by atoms with Crippen molar-refractivity contribution >= 4 is 40.3 Å². The summed E-state index contributed by atoms with van der Waals surface area (Å²) in [5.74, 6) is 3.93. The Morgan fingerprint density at radius 2 is 1.10 bits per heavy atom. The molecule has 48 heavy (non-hydrogen) atoms. The lowest BCUT2D eigenvalue weighted by Gasteiger charge is -2.57. The van der Waals surface area contributed by atoms with Crippen molar-refractivity contribution < 1.29 is 27.8 Å². The third kappa shape index (κ3) is 8.44. The molecule has 0 heterocycles. The summed E-state index contributed by atoms with van der Waals surface area (Å²) in [4.78, 5) is 22.4.